The van der Waals surface area contributed by atoms with Crippen LogP contribution >= 0.6 is 15.9 Å². The molecule has 0 spiro atoms. The zero-order valence-corrected chi connectivity index (χ0v) is 36.0. The van der Waals surface area contributed by atoms with E-state index >= 15 is 0 Å². The molecule has 0 unspecified atom stereocenters. The summed E-state index contributed by atoms with van der Waals surface area (Å²) >= 11 is 3.27. The van der Waals surface area contributed by atoms with Crippen LogP contribution in [0.25, 0.3) is 11.0 Å². The van der Waals surface area contributed by atoms with Crippen LogP contribution in [0.15, 0.2) is 83.5 Å². The fourth-order valence-corrected chi connectivity index (χ4v) is 6.91. The highest BCUT2D eigenvalue weighted by Gasteiger charge is 2.53. The van der Waals surface area contributed by atoms with Crippen LogP contribution in [0, 0.1) is 0 Å². The summed E-state index contributed by atoms with van der Waals surface area (Å²) in [6, 6.07) is 21.5. The lowest BCUT2D eigenvalue weighted by Crippen LogP contribution is -2.25. The molecule has 59 heavy (non-hydrogen) atoms. The first-order valence-corrected chi connectivity index (χ1v) is 21.1. The number of carbonyl (C=O) groups is 3. The summed E-state index contributed by atoms with van der Waals surface area (Å²) < 4.78 is 36.7. The normalized spacial score (nSPS) is 16.0. The highest BCUT2D eigenvalue weighted by Crippen LogP contribution is 2.50. The van der Waals surface area contributed by atoms with Gasteiger partial charge in [0, 0.05) is 31.8 Å². The minimum Gasteiger partial charge on any atom is -0.508 e. The standard InChI is InChI=1S/C16H22O5.C12H10O3.C11H12O3.C6H13BrO2/c1-3-19-14(20-4-2)11-21-13-7-5-12(6-8-13)16(9-10-16)15(17)18;13-11(14)12(4-5-12)9-1-2-10-8(7-9)3-6-15-10;1-14-10(13)11(6-7-11)8-2-4-9(12)5-3-8;1-3-8-6(5-7)9-4-2/h5-8,14H,3-4,9-11H2,1-2H3,(H,17,18);1-3,6-7H,4-5H2,(H,13,14);2-5,12H,6-7H2,1H3;6H,3-5H2,1-2H3. The molecule has 0 amide bonds. The van der Waals surface area contributed by atoms with Gasteiger partial charge in [-0.05, 0) is 125 Å². The fourth-order valence-electron chi connectivity index (χ4n) is 6.54. The molecule has 1 heterocycles. The summed E-state index contributed by atoms with van der Waals surface area (Å²) in [6.07, 6.45) is 5.74. The van der Waals surface area contributed by atoms with Crippen molar-refractivity contribution in [3.8, 4) is 11.5 Å². The molecule has 3 N–H and O–H groups in total. The summed E-state index contributed by atoms with van der Waals surface area (Å²) in [6.45, 7) is 10.6. The molecular formula is C45H57BrO13. The van der Waals surface area contributed by atoms with Gasteiger partial charge in [0.15, 0.2) is 12.6 Å². The first kappa shape index (κ1) is 47.2. The molecule has 1 aromatic heterocycles. The van der Waals surface area contributed by atoms with Crippen LogP contribution in [0.5, 0.6) is 11.5 Å². The second-order valence-electron chi connectivity index (χ2n) is 14.2. The van der Waals surface area contributed by atoms with Gasteiger partial charge >= 0.3 is 17.9 Å². The molecule has 0 atom stereocenters. The highest BCUT2D eigenvalue weighted by atomic mass is 79.9. The van der Waals surface area contributed by atoms with Gasteiger partial charge in [-0.2, -0.15) is 0 Å². The van der Waals surface area contributed by atoms with E-state index in [1.54, 1.807) is 42.7 Å². The number of carboxylic acids is 2. The highest BCUT2D eigenvalue weighted by molar-refractivity contribution is 9.09. The molecule has 322 valence electrons. The SMILES string of the molecule is CCOC(CBr)OCC.CCOC(COc1ccc(C2(C(=O)O)CC2)cc1)OCC.COC(=O)C1(c2ccc(O)cc2)CC1.O=C(O)C1(c2ccc3occc3c2)CC1. The van der Waals surface area contributed by atoms with Gasteiger partial charge in [-0.15, -0.1) is 0 Å². The molecular weight excluding hydrogens is 828 g/mol. The number of carboxylic acid groups (broad SMARTS) is 2. The second-order valence-corrected chi connectivity index (χ2v) is 14.9. The number of benzene rings is 3. The third-order valence-electron chi connectivity index (χ3n) is 10.4. The van der Waals surface area contributed by atoms with Gasteiger partial charge in [0.2, 0.25) is 0 Å². The maximum atomic E-state index is 11.5. The van der Waals surface area contributed by atoms with Gasteiger partial charge in [-0.1, -0.05) is 46.3 Å². The molecule has 4 aromatic rings. The number of aromatic hydroxyl groups is 1. The van der Waals surface area contributed by atoms with E-state index < -0.39 is 28.2 Å². The van der Waals surface area contributed by atoms with Crippen LogP contribution in [-0.2, 0) is 54.3 Å². The predicted molar refractivity (Wildman–Crippen MR) is 224 cm³/mol. The number of esters is 1. The number of methoxy groups -OCH3 is 1. The van der Waals surface area contributed by atoms with E-state index in [-0.39, 0.29) is 24.3 Å². The van der Waals surface area contributed by atoms with Crippen LogP contribution in [0.4, 0.5) is 0 Å². The van der Waals surface area contributed by atoms with Crippen molar-refractivity contribution in [3.63, 3.8) is 0 Å². The van der Waals surface area contributed by atoms with Gasteiger partial charge in [0.05, 0.1) is 34.9 Å². The lowest BCUT2D eigenvalue weighted by Gasteiger charge is -2.18. The van der Waals surface area contributed by atoms with Crippen molar-refractivity contribution < 1.29 is 62.5 Å². The molecule has 13 nitrogen and oxygen atoms in total. The Balaban J connectivity index is 0.000000181. The third-order valence-corrected chi connectivity index (χ3v) is 10.9. The maximum absolute atomic E-state index is 11.5. The van der Waals surface area contributed by atoms with Crippen LogP contribution in [0.2, 0.25) is 0 Å². The number of carbonyl (C=O) groups excluding carboxylic acids is 1. The van der Waals surface area contributed by atoms with Crippen molar-refractivity contribution in [2.75, 3.05) is 45.5 Å². The van der Waals surface area contributed by atoms with E-state index in [9.17, 15) is 19.5 Å². The molecule has 3 saturated carbocycles. The number of phenols is 1. The van der Waals surface area contributed by atoms with Crippen LogP contribution in [0.3, 0.4) is 0 Å². The van der Waals surface area contributed by atoms with Crippen LogP contribution in [0.1, 0.15) is 82.9 Å². The number of alkyl halides is 1. The molecule has 14 heteroatoms. The quantitative estimate of drug-likeness (QED) is 0.0492. The zero-order chi connectivity index (χ0) is 43.1. The lowest BCUT2D eigenvalue weighted by atomic mass is 9.95. The minimum absolute atomic E-state index is 0.0694. The number of ether oxygens (including phenoxy) is 6. The molecule has 7 rings (SSSR count). The second kappa shape index (κ2) is 22.2. The van der Waals surface area contributed by atoms with E-state index in [0.717, 1.165) is 58.7 Å². The lowest BCUT2D eigenvalue weighted by molar-refractivity contribution is -0.152. The molecule has 3 fully saturated rings. The van der Waals surface area contributed by atoms with Crippen molar-refractivity contribution in [3.05, 3.63) is 95.7 Å². The Bertz CT molecular complexity index is 1900. The van der Waals surface area contributed by atoms with Gasteiger partial charge in [-0.3, -0.25) is 14.4 Å². The molecule has 0 saturated heterocycles. The van der Waals surface area contributed by atoms with E-state index in [1.165, 1.54) is 7.11 Å². The number of fused-ring (bicyclic) bond motifs is 1. The number of hydrogen-bond donors (Lipinski definition) is 3. The summed E-state index contributed by atoms with van der Waals surface area (Å²) in [7, 11) is 1.41. The average molecular weight is 886 g/mol. The van der Waals surface area contributed by atoms with Gasteiger partial charge < -0.3 is 48.2 Å². The van der Waals surface area contributed by atoms with Crippen molar-refractivity contribution in [2.24, 2.45) is 0 Å². The van der Waals surface area contributed by atoms with Crippen LogP contribution in [-0.4, -0.2) is 91.3 Å². The van der Waals surface area contributed by atoms with E-state index in [4.69, 9.17) is 43.1 Å². The molecule has 3 aliphatic rings. The van der Waals surface area contributed by atoms with E-state index in [0.29, 0.717) is 51.6 Å². The minimum atomic E-state index is -0.746. The number of phenolic OH excluding ortho intramolecular Hbond substituents is 1. The largest absolute Gasteiger partial charge is 0.508 e. The summed E-state index contributed by atoms with van der Waals surface area (Å²) in [5.41, 5.74) is 1.76. The Labute approximate surface area is 354 Å². The fraction of sp³-hybridized carbons (Fsp3) is 0.489. The molecule has 0 bridgehead atoms. The first-order chi connectivity index (χ1) is 28.4. The van der Waals surface area contributed by atoms with Gasteiger partial charge in [-0.25, -0.2) is 0 Å². The molecule has 3 aliphatic carbocycles. The first-order valence-electron chi connectivity index (χ1n) is 20.0. The number of aliphatic carboxylic acids is 2. The van der Waals surface area contributed by atoms with Gasteiger partial charge in [0.1, 0.15) is 23.7 Å². The third kappa shape index (κ3) is 12.5. The number of hydrogen-bond acceptors (Lipinski definition) is 11. The predicted octanol–water partition coefficient (Wildman–Crippen LogP) is 8.51. The molecule has 0 aliphatic heterocycles. The van der Waals surface area contributed by atoms with Crippen molar-refractivity contribution in [1.82, 2.24) is 0 Å². The van der Waals surface area contributed by atoms with E-state index in [2.05, 4.69) is 15.9 Å². The van der Waals surface area contributed by atoms with Gasteiger partial charge in [0.25, 0.3) is 0 Å². The Morgan fingerprint density at radius 2 is 1.12 bits per heavy atom. The van der Waals surface area contributed by atoms with Crippen molar-refractivity contribution >= 4 is 44.8 Å². The summed E-state index contributed by atoms with van der Waals surface area (Å²) in [5, 5.41) is 29.3. The smallest absolute Gasteiger partial charge is 0.316 e. The summed E-state index contributed by atoms with van der Waals surface area (Å²) in [4.78, 5) is 33.9. The topological polar surface area (TPSA) is 180 Å². The molecule has 0 radical (unpaired) electrons. The van der Waals surface area contributed by atoms with Crippen LogP contribution < -0.4 is 4.74 Å². The Morgan fingerprint density at radius 3 is 1.58 bits per heavy atom. The maximum Gasteiger partial charge on any atom is 0.316 e. The Morgan fingerprint density at radius 1 is 0.661 bits per heavy atom. The average Bonchev–Trinajstić information content (AvgIpc) is 4.15. The Kier molecular flexibility index (Phi) is 17.8. The monoisotopic (exact) mass is 884 g/mol. The zero-order valence-electron chi connectivity index (χ0n) is 34.4. The van der Waals surface area contributed by atoms with E-state index in [1.807, 2.05) is 64.1 Å². The number of halogens is 1. The van der Waals surface area contributed by atoms with Crippen molar-refractivity contribution in [1.29, 1.82) is 0 Å². The Hall–Kier alpha value is -4.47. The number of furan rings is 1. The number of rotatable bonds is 18. The summed E-state index contributed by atoms with van der Waals surface area (Å²) in [5.74, 6) is -0.740. The van der Waals surface area contributed by atoms with Crippen molar-refractivity contribution in [2.45, 2.75) is 95.0 Å². The molecule has 3 aromatic carbocycles.